The molecule has 0 bridgehead atoms. The first-order valence-electron chi connectivity index (χ1n) is 18.8. The Morgan fingerprint density at radius 1 is 0.630 bits per heavy atom. The molecule has 6 N–H and O–H groups in total. The molecule has 0 saturated carbocycles. The van der Waals surface area contributed by atoms with Crippen molar-refractivity contribution in [3.63, 3.8) is 0 Å². The molecule has 4 aliphatic rings. The molecule has 6 heterocycles. The molecule has 4 aromatic heterocycles. The van der Waals surface area contributed by atoms with Crippen LogP contribution in [0.3, 0.4) is 0 Å². The number of pyridine rings is 2. The Bertz CT molecular complexity index is 2170. The van der Waals surface area contributed by atoms with Crippen LogP contribution in [0.1, 0.15) is 38.5 Å². The van der Waals surface area contributed by atoms with Gasteiger partial charge in [-0.05, 0) is 100 Å². The van der Waals surface area contributed by atoms with E-state index in [1.807, 2.05) is 48.8 Å². The number of carbonyl (C=O) groups excluding carboxylic acids is 2. The fraction of sp³-hybridized carbons (Fsp3) is 0.350. The van der Waals surface area contributed by atoms with Gasteiger partial charge in [0.25, 0.3) is 0 Å². The van der Waals surface area contributed by atoms with Crippen molar-refractivity contribution in [3.8, 4) is 0 Å². The Kier molecular flexibility index (Phi) is 11.7. The largest absolute Gasteiger partial charge is 0.399 e. The van der Waals surface area contributed by atoms with Gasteiger partial charge in [-0.2, -0.15) is 0 Å². The summed E-state index contributed by atoms with van der Waals surface area (Å²) in [6.07, 6.45) is 20.8. The van der Waals surface area contributed by atoms with Gasteiger partial charge in [-0.1, -0.05) is 25.0 Å². The molecule has 8 rings (SSSR count). The third-order valence-corrected chi connectivity index (χ3v) is 9.81. The second-order valence-electron chi connectivity index (χ2n) is 13.8. The average molecular weight is 729 g/mol. The molecule has 0 unspecified atom stereocenters. The van der Waals surface area contributed by atoms with E-state index in [1.54, 1.807) is 27.3 Å². The first kappa shape index (κ1) is 36.5. The van der Waals surface area contributed by atoms with Gasteiger partial charge in [0.15, 0.2) is 17.4 Å². The number of aromatic nitrogens is 4. The van der Waals surface area contributed by atoms with E-state index in [0.717, 1.165) is 61.8 Å². The second-order valence-corrected chi connectivity index (χ2v) is 13.8. The summed E-state index contributed by atoms with van der Waals surface area (Å²) in [6.45, 7) is 8.22. The highest BCUT2D eigenvalue weighted by Crippen LogP contribution is 2.32. The molecule has 2 saturated heterocycles. The molecule has 54 heavy (non-hydrogen) atoms. The SMILES string of the molecule is NC1=CC(=O)C(=Nc2c(NCCN3CCCCC3)nn3ccccc23)C=C1.NC1=CC(=O)C=CC1=Nc1c(NCCN2CCCCC2)nn2ccccc12. The van der Waals surface area contributed by atoms with Crippen LogP contribution in [0.15, 0.2) is 107 Å². The van der Waals surface area contributed by atoms with Gasteiger partial charge in [0.1, 0.15) is 17.1 Å². The topological polar surface area (TPSA) is 176 Å². The van der Waals surface area contributed by atoms with E-state index < -0.39 is 0 Å². The lowest BCUT2D eigenvalue weighted by atomic mass is 10.1. The molecule has 0 amide bonds. The fourth-order valence-corrected chi connectivity index (χ4v) is 6.96. The highest BCUT2D eigenvalue weighted by Gasteiger charge is 2.18. The smallest absolute Gasteiger partial charge is 0.206 e. The van der Waals surface area contributed by atoms with Crippen molar-refractivity contribution in [1.29, 1.82) is 0 Å². The van der Waals surface area contributed by atoms with Crippen LogP contribution in [0.5, 0.6) is 0 Å². The number of hydrogen-bond donors (Lipinski definition) is 4. The van der Waals surface area contributed by atoms with Crippen molar-refractivity contribution in [2.45, 2.75) is 38.5 Å². The summed E-state index contributed by atoms with van der Waals surface area (Å²) in [7, 11) is 0. The lowest BCUT2D eigenvalue weighted by Crippen LogP contribution is -2.33. The number of fused-ring (bicyclic) bond motifs is 2. The molecule has 2 aliphatic carbocycles. The number of ketones is 2. The van der Waals surface area contributed by atoms with Crippen molar-refractivity contribution in [2.24, 2.45) is 21.5 Å². The van der Waals surface area contributed by atoms with Crippen molar-refractivity contribution in [1.82, 2.24) is 29.0 Å². The molecule has 0 radical (unpaired) electrons. The molecule has 14 heteroatoms. The van der Waals surface area contributed by atoms with Crippen LogP contribution in [0.2, 0.25) is 0 Å². The number of anilines is 2. The Morgan fingerprint density at radius 2 is 1.15 bits per heavy atom. The Balaban J connectivity index is 0.000000167. The van der Waals surface area contributed by atoms with Crippen LogP contribution in [0.25, 0.3) is 11.0 Å². The van der Waals surface area contributed by atoms with Crippen LogP contribution >= 0.6 is 0 Å². The predicted octanol–water partition coefficient (Wildman–Crippen LogP) is 4.57. The third kappa shape index (κ3) is 9.01. The molecule has 0 spiro atoms. The van der Waals surface area contributed by atoms with E-state index in [2.05, 4.69) is 35.6 Å². The predicted molar refractivity (Wildman–Crippen MR) is 215 cm³/mol. The zero-order valence-electron chi connectivity index (χ0n) is 30.5. The van der Waals surface area contributed by atoms with Gasteiger partial charge in [-0.15, -0.1) is 10.2 Å². The number of nitrogens with one attached hydrogen (secondary N) is 2. The minimum absolute atomic E-state index is 0.119. The van der Waals surface area contributed by atoms with Crippen molar-refractivity contribution in [2.75, 3.05) is 63.0 Å². The van der Waals surface area contributed by atoms with Gasteiger partial charge in [-0.25, -0.2) is 19.0 Å². The number of rotatable bonds is 10. The van der Waals surface area contributed by atoms with Crippen molar-refractivity contribution < 1.29 is 9.59 Å². The van der Waals surface area contributed by atoms with Crippen LogP contribution in [0, 0.1) is 0 Å². The van der Waals surface area contributed by atoms with E-state index in [9.17, 15) is 9.59 Å². The van der Waals surface area contributed by atoms with Crippen LogP contribution in [-0.4, -0.2) is 104 Å². The monoisotopic (exact) mass is 728 g/mol. The molecular weight excluding hydrogens is 681 g/mol. The van der Waals surface area contributed by atoms with Crippen LogP contribution in [0.4, 0.5) is 23.0 Å². The lowest BCUT2D eigenvalue weighted by Gasteiger charge is -2.26. The van der Waals surface area contributed by atoms with E-state index in [4.69, 9.17) is 16.5 Å². The molecule has 14 nitrogen and oxygen atoms in total. The van der Waals surface area contributed by atoms with Gasteiger partial charge in [0.2, 0.25) is 5.78 Å². The maximum absolute atomic E-state index is 12.2. The van der Waals surface area contributed by atoms with Gasteiger partial charge in [0.05, 0.1) is 22.4 Å². The number of nitrogens with two attached hydrogens (primary N) is 2. The van der Waals surface area contributed by atoms with Crippen molar-refractivity contribution >= 4 is 57.0 Å². The number of nitrogens with zero attached hydrogens (tertiary/aromatic N) is 8. The van der Waals surface area contributed by atoms with Crippen LogP contribution in [-0.2, 0) is 9.59 Å². The van der Waals surface area contributed by atoms with E-state index in [0.29, 0.717) is 34.3 Å². The summed E-state index contributed by atoms with van der Waals surface area (Å²) in [5, 5.41) is 16.1. The van der Waals surface area contributed by atoms with E-state index >= 15 is 0 Å². The number of hydrogen-bond acceptors (Lipinski definition) is 12. The summed E-state index contributed by atoms with van der Waals surface area (Å²) in [5.41, 5.74) is 16.6. The first-order chi connectivity index (χ1) is 26.4. The number of likely N-dealkylation sites (tertiary alicyclic amines) is 2. The molecule has 2 aliphatic heterocycles. The summed E-state index contributed by atoms with van der Waals surface area (Å²) in [6, 6.07) is 11.7. The van der Waals surface area contributed by atoms with Gasteiger partial charge >= 0.3 is 0 Å². The van der Waals surface area contributed by atoms with Gasteiger partial charge in [-0.3, -0.25) is 9.59 Å². The summed E-state index contributed by atoms with van der Waals surface area (Å²) in [5.74, 6) is 1.11. The molecule has 0 aromatic carbocycles. The van der Waals surface area contributed by atoms with Crippen molar-refractivity contribution in [3.05, 3.63) is 96.6 Å². The standard InChI is InChI=1S/2C20H24N6O/c21-16-14-15(27)7-8-17(16)23-19-18-6-2-5-12-26(18)24-20(19)22-9-13-25-10-3-1-4-11-25;21-15-7-8-16(18(27)14-15)23-19-17-6-2-5-12-26(17)24-20(19)22-9-13-25-10-3-1-4-11-25/h2*2,5-8,12,14H,1,3-4,9-11,13,21H2,(H,22,24). The highest BCUT2D eigenvalue weighted by molar-refractivity contribution is 6.49. The summed E-state index contributed by atoms with van der Waals surface area (Å²) in [4.78, 5) is 37.9. The number of piperidine rings is 2. The second kappa shape index (κ2) is 17.3. The molecule has 2 fully saturated rings. The number of aliphatic imine (C=N–C) groups is 2. The zero-order chi connectivity index (χ0) is 37.3. The maximum atomic E-state index is 12.2. The molecule has 280 valence electrons. The minimum Gasteiger partial charge on any atom is -0.399 e. The Labute approximate surface area is 314 Å². The molecule has 4 aromatic rings. The number of allylic oxidation sites excluding steroid dienone is 6. The third-order valence-electron chi connectivity index (χ3n) is 9.81. The average Bonchev–Trinajstić information content (AvgIpc) is 3.72. The quantitative estimate of drug-likeness (QED) is 0.134. The highest BCUT2D eigenvalue weighted by atomic mass is 16.1. The first-order valence-corrected chi connectivity index (χ1v) is 18.8. The zero-order valence-corrected chi connectivity index (χ0v) is 30.5. The fourth-order valence-electron chi connectivity index (χ4n) is 6.96. The van der Waals surface area contributed by atoms with Crippen LogP contribution < -0.4 is 22.1 Å². The maximum Gasteiger partial charge on any atom is 0.206 e. The normalized spacial score (nSPS) is 19.6. The van der Waals surface area contributed by atoms with E-state index in [1.165, 1.54) is 69.8 Å². The van der Waals surface area contributed by atoms with Gasteiger partial charge in [0, 0.05) is 56.4 Å². The molecular formula is C40H48N12O2. The Morgan fingerprint density at radius 3 is 1.67 bits per heavy atom. The number of carbonyl (C=O) groups is 2. The minimum atomic E-state index is -0.190. The summed E-state index contributed by atoms with van der Waals surface area (Å²) >= 11 is 0. The van der Waals surface area contributed by atoms with Gasteiger partial charge < -0.3 is 31.9 Å². The molecule has 0 atom stereocenters. The Hall–Kier alpha value is -5.86. The lowest BCUT2D eigenvalue weighted by molar-refractivity contribution is -0.110. The van der Waals surface area contributed by atoms with E-state index in [-0.39, 0.29) is 11.6 Å². The summed E-state index contributed by atoms with van der Waals surface area (Å²) < 4.78 is 3.59.